The van der Waals surface area contributed by atoms with Gasteiger partial charge in [-0.1, -0.05) is 127 Å². The molecule has 0 saturated carbocycles. The lowest BCUT2D eigenvalue weighted by Crippen LogP contribution is -2.00. The lowest BCUT2D eigenvalue weighted by molar-refractivity contribution is 1.14. The van der Waals surface area contributed by atoms with Gasteiger partial charge < -0.3 is 18.3 Å². The first-order valence-electron chi connectivity index (χ1n) is 20.3. The second-order valence-electron chi connectivity index (χ2n) is 15.5. The van der Waals surface area contributed by atoms with Crippen LogP contribution in [0.15, 0.2) is 200 Å². The SMILES string of the molecule is [C-]#[N+]c1c(-n2c3ccccc3c3c(-n4c5ccccc5c5ccccc54)cccc32)cccc1-n1c2ccccc2c2c(-n3c4ccccc4c4ccccc43)cccc21. The maximum atomic E-state index is 8.93. The molecule has 9 aromatic carbocycles. The second kappa shape index (κ2) is 12.3. The molecule has 13 aromatic rings. The van der Waals surface area contributed by atoms with Gasteiger partial charge in [0.15, 0.2) is 0 Å². The van der Waals surface area contributed by atoms with Gasteiger partial charge in [0.05, 0.1) is 73.5 Å². The van der Waals surface area contributed by atoms with Crippen molar-refractivity contribution in [3.8, 4) is 22.7 Å². The van der Waals surface area contributed by atoms with E-state index >= 15 is 0 Å². The molecular weight excluding hydrogens is 731 g/mol. The topological polar surface area (TPSA) is 24.1 Å². The number of rotatable bonds is 4. The highest BCUT2D eigenvalue weighted by Crippen LogP contribution is 2.45. The number of fused-ring (bicyclic) bond motifs is 12. The number of benzene rings is 9. The molecule has 0 aliphatic heterocycles. The van der Waals surface area contributed by atoms with Gasteiger partial charge in [-0.3, -0.25) is 0 Å². The fourth-order valence-corrected chi connectivity index (χ4v) is 10.3. The first kappa shape index (κ1) is 32.7. The van der Waals surface area contributed by atoms with E-state index in [1.165, 1.54) is 43.6 Å². The van der Waals surface area contributed by atoms with Gasteiger partial charge in [-0.15, -0.1) is 0 Å². The predicted octanol–water partition coefficient (Wildman–Crippen LogP) is 14.6. The quantitative estimate of drug-likeness (QED) is 0.159. The molecule has 0 bridgehead atoms. The van der Waals surface area contributed by atoms with E-state index in [0.29, 0.717) is 5.69 Å². The fraction of sp³-hybridized carbons (Fsp3) is 0. The average molecular weight is 764 g/mol. The Morgan fingerprint density at radius 1 is 0.250 bits per heavy atom. The molecule has 5 heteroatoms. The molecule has 0 fully saturated rings. The Kier molecular flexibility index (Phi) is 6.73. The lowest BCUT2D eigenvalue weighted by Gasteiger charge is -2.16. The Hall–Kier alpha value is -8.33. The number of aromatic nitrogens is 4. The molecule has 0 amide bonds. The van der Waals surface area contributed by atoms with Crippen molar-refractivity contribution < 1.29 is 0 Å². The predicted molar refractivity (Wildman–Crippen MR) is 250 cm³/mol. The summed E-state index contributed by atoms with van der Waals surface area (Å²) < 4.78 is 9.41. The minimum Gasteiger partial charge on any atom is -0.319 e. The van der Waals surface area contributed by atoms with Crippen molar-refractivity contribution in [2.45, 2.75) is 0 Å². The summed E-state index contributed by atoms with van der Waals surface area (Å²) in [5.41, 5.74) is 13.4. The van der Waals surface area contributed by atoms with Crippen molar-refractivity contribution in [2.75, 3.05) is 0 Å². The highest BCUT2D eigenvalue weighted by molar-refractivity contribution is 6.19. The van der Waals surface area contributed by atoms with E-state index in [9.17, 15) is 0 Å². The number of hydrogen-bond donors (Lipinski definition) is 0. The maximum Gasteiger partial charge on any atom is 0.233 e. The van der Waals surface area contributed by atoms with Gasteiger partial charge in [0.2, 0.25) is 5.69 Å². The molecule has 0 aliphatic rings. The number of para-hydroxylation sites is 7. The minimum absolute atomic E-state index is 0.590. The van der Waals surface area contributed by atoms with Crippen LogP contribution in [-0.4, -0.2) is 18.3 Å². The molecule has 0 saturated heterocycles. The van der Waals surface area contributed by atoms with Crippen molar-refractivity contribution in [2.24, 2.45) is 0 Å². The summed E-state index contributed by atoms with van der Waals surface area (Å²) in [5, 5.41) is 9.47. The summed E-state index contributed by atoms with van der Waals surface area (Å²) in [7, 11) is 0. The third-order valence-corrected chi connectivity index (χ3v) is 12.6. The van der Waals surface area contributed by atoms with Gasteiger partial charge >= 0.3 is 0 Å². The van der Waals surface area contributed by atoms with Crippen molar-refractivity contribution in [1.82, 2.24) is 18.3 Å². The standard InChI is InChI=1S/C55H33N5/c1-56-55-51(59-45-27-12-6-21-39(45)53-47(29-14-31-49(53)59)57-41-23-8-2-17-35(41)36-18-3-9-24-42(36)57)33-16-34-52(55)60-46-28-13-7-22-40(46)54-48(30-15-32-50(54)60)58-43-25-10-4-19-37(43)38-20-5-11-26-44(38)58/h2-34H. The molecule has 0 radical (unpaired) electrons. The van der Waals surface area contributed by atoms with Crippen LogP contribution in [0.3, 0.4) is 0 Å². The minimum atomic E-state index is 0.590. The normalized spacial score (nSPS) is 12.0. The van der Waals surface area contributed by atoms with E-state index in [1.807, 2.05) is 0 Å². The molecule has 0 unspecified atom stereocenters. The number of hydrogen-bond acceptors (Lipinski definition) is 0. The summed E-state index contributed by atoms with van der Waals surface area (Å²) in [6, 6.07) is 71.4. The Labute approximate surface area is 344 Å². The van der Waals surface area contributed by atoms with Gasteiger partial charge in [-0.2, -0.15) is 0 Å². The van der Waals surface area contributed by atoms with Crippen LogP contribution < -0.4 is 0 Å². The van der Waals surface area contributed by atoms with Gasteiger partial charge in [-0.05, 0) is 72.8 Å². The largest absolute Gasteiger partial charge is 0.319 e. The maximum absolute atomic E-state index is 8.93. The number of nitrogens with zero attached hydrogens (tertiary/aromatic N) is 5. The van der Waals surface area contributed by atoms with E-state index in [0.717, 1.165) is 66.4 Å². The molecule has 0 N–H and O–H groups in total. The molecule has 5 nitrogen and oxygen atoms in total. The van der Waals surface area contributed by atoms with Crippen LogP contribution in [0.25, 0.3) is 115 Å². The van der Waals surface area contributed by atoms with Crippen molar-refractivity contribution in [3.05, 3.63) is 212 Å². The Morgan fingerprint density at radius 3 is 0.850 bits per heavy atom. The lowest BCUT2D eigenvalue weighted by atomic mass is 10.1. The molecule has 278 valence electrons. The highest BCUT2D eigenvalue weighted by atomic mass is 15.1. The Morgan fingerprint density at radius 2 is 0.500 bits per heavy atom. The highest BCUT2D eigenvalue weighted by Gasteiger charge is 2.24. The zero-order valence-corrected chi connectivity index (χ0v) is 32.3. The Bertz CT molecular complexity index is 3620. The van der Waals surface area contributed by atoms with Gasteiger partial charge in [0.1, 0.15) is 0 Å². The third-order valence-electron chi connectivity index (χ3n) is 12.6. The van der Waals surface area contributed by atoms with Crippen LogP contribution in [-0.2, 0) is 0 Å². The van der Waals surface area contributed by atoms with E-state index in [4.69, 9.17) is 6.57 Å². The third kappa shape index (κ3) is 4.29. The van der Waals surface area contributed by atoms with E-state index in [1.54, 1.807) is 0 Å². The van der Waals surface area contributed by atoms with Crippen LogP contribution in [0.2, 0.25) is 0 Å². The van der Waals surface area contributed by atoms with Crippen LogP contribution in [0, 0.1) is 6.57 Å². The summed E-state index contributed by atoms with van der Waals surface area (Å²) >= 11 is 0. The van der Waals surface area contributed by atoms with Gasteiger partial charge in [0, 0.05) is 43.1 Å². The summed E-state index contributed by atoms with van der Waals surface area (Å²) in [6.45, 7) is 8.93. The first-order valence-corrected chi connectivity index (χ1v) is 20.3. The van der Waals surface area contributed by atoms with Crippen LogP contribution in [0.1, 0.15) is 0 Å². The van der Waals surface area contributed by atoms with Crippen molar-refractivity contribution in [1.29, 1.82) is 0 Å². The molecule has 0 atom stereocenters. The summed E-state index contributed by atoms with van der Waals surface area (Å²) in [6.07, 6.45) is 0. The zero-order chi connectivity index (χ0) is 39.5. The molecule has 4 heterocycles. The van der Waals surface area contributed by atoms with E-state index in [2.05, 4.69) is 223 Å². The van der Waals surface area contributed by atoms with Crippen LogP contribution in [0.5, 0.6) is 0 Å². The molecule has 60 heavy (non-hydrogen) atoms. The van der Waals surface area contributed by atoms with Crippen LogP contribution in [0.4, 0.5) is 5.69 Å². The van der Waals surface area contributed by atoms with E-state index in [-0.39, 0.29) is 0 Å². The van der Waals surface area contributed by atoms with Crippen molar-refractivity contribution >= 4 is 92.9 Å². The molecule has 13 rings (SSSR count). The zero-order valence-electron chi connectivity index (χ0n) is 32.3. The van der Waals surface area contributed by atoms with Crippen LogP contribution >= 0.6 is 0 Å². The fourth-order valence-electron chi connectivity index (χ4n) is 10.3. The summed E-state index contributed by atoms with van der Waals surface area (Å²) in [5.74, 6) is 0. The van der Waals surface area contributed by atoms with Gasteiger partial charge in [0.25, 0.3) is 0 Å². The average Bonchev–Trinajstić information content (AvgIpc) is 4.04. The smallest absolute Gasteiger partial charge is 0.233 e. The monoisotopic (exact) mass is 763 g/mol. The van der Waals surface area contributed by atoms with Crippen molar-refractivity contribution in [3.63, 3.8) is 0 Å². The Balaban J connectivity index is 1.10. The second-order valence-corrected chi connectivity index (χ2v) is 15.5. The molecule has 4 aromatic heterocycles. The molecule has 0 aliphatic carbocycles. The summed E-state index contributed by atoms with van der Waals surface area (Å²) in [4.78, 5) is 4.42. The molecule has 0 spiro atoms. The molecular formula is C55H33N5. The van der Waals surface area contributed by atoms with Gasteiger partial charge in [-0.25, -0.2) is 4.85 Å². The van der Waals surface area contributed by atoms with E-state index < -0.39 is 0 Å². The first-order chi connectivity index (χ1) is 29.8.